The number of benzene rings is 2. The van der Waals surface area contributed by atoms with Crippen LogP contribution in [0.15, 0.2) is 48.5 Å². The third kappa shape index (κ3) is 5.48. The summed E-state index contributed by atoms with van der Waals surface area (Å²) in [5.74, 6) is 0. The van der Waals surface area contributed by atoms with E-state index in [9.17, 15) is 15.0 Å². The zero-order chi connectivity index (χ0) is 18.2. The predicted octanol–water partition coefficient (Wildman–Crippen LogP) is 2.29. The smallest absolute Gasteiger partial charge is 0.407 e. The average molecular weight is 344 g/mol. The van der Waals surface area contributed by atoms with E-state index < -0.39 is 18.3 Å². The zero-order valence-corrected chi connectivity index (χ0v) is 14.2. The minimum Gasteiger partial charge on any atom is -0.445 e. The molecule has 0 aliphatic heterocycles. The summed E-state index contributed by atoms with van der Waals surface area (Å²) in [7, 11) is 0. The van der Waals surface area contributed by atoms with Gasteiger partial charge in [-0.3, -0.25) is 0 Å². The van der Waals surface area contributed by atoms with E-state index in [1.165, 1.54) is 0 Å². The summed E-state index contributed by atoms with van der Waals surface area (Å²) in [6.07, 6.45) is -2.55. The monoisotopic (exact) mass is 344 g/mol. The summed E-state index contributed by atoms with van der Waals surface area (Å²) in [6.45, 7) is 2.19. The molecule has 0 bridgehead atoms. The molecule has 0 radical (unpaired) electrons. The van der Waals surface area contributed by atoms with Gasteiger partial charge in [0.25, 0.3) is 0 Å². The lowest BCUT2D eigenvalue weighted by Crippen LogP contribution is -2.30. The molecule has 2 rings (SSSR count). The quantitative estimate of drug-likeness (QED) is 0.577. The maximum Gasteiger partial charge on any atom is 0.407 e. The van der Waals surface area contributed by atoms with Crippen molar-refractivity contribution in [2.75, 3.05) is 12.3 Å². The number of hydrogen-bond acceptors (Lipinski definition) is 5. The molecule has 2 atom stereocenters. The van der Waals surface area contributed by atoms with Crippen molar-refractivity contribution in [3.05, 3.63) is 65.2 Å². The number of ether oxygens (including phenoxy) is 1. The predicted molar refractivity (Wildman–Crippen MR) is 95.8 cm³/mol. The summed E-state index contributed by atoms with van der Waals surface area (Å²) < 4.78 is 5.08. The van der Waals surface area contributed by atoms with Gasteiger partial charge in [-0.25, -0.2) is 4.79 Å². The highest BCUT2D eigenvalue weighted by Gasteiger charge is 2.21. The highest BCUT2D eigenvalue weighted by molar-refractivity contribution is 5.67. The Morgan fingerprint density at radius 2 is 1.88 bits per heavy atom. The topological polar surface area (TPSA) is 105 Å². The van der Waals surface area contributed by atoms with E-state index in [4.69, 9.17) is 10.5 Å². The Morgan fingerprint density at radius 3 is 2.60 bits per heavy atom. The molecular formula is C19H24N2O4. The van der Waals surface area contributed by atoms with Gasteiger partial charge in [0.2, 0.25) is 0 Å². The molecule has 0 aliphatic rings. The van der Waals surface area contributed by atoms with Gasteiger partial charge < -0.3 is 26.0 Å². The standard InChI is InChI=1S/C19H24N2O4/c1-13-6-5-9-15(17(13)20)18(23)16(22)10-11-21-19(24)25-12-14-7-3-2-4-8-14/h2-9,16,18,22-23H,10-12,20H2,1H3,(H,21,24). The molecule has 0 spiro atoms. The van der Waals surface area contributed by atoms with Gasteiger partial charge in [-0.15, -0.1) is 0 Å². The maximum absolute atomic E-state index is 11.6. The molecule has 25 heavy (non-hydrogen) atoms. The van der Waals surface area contributed by atoms with Crippen LogP contribution in [-0.2, 0) is 11.3 Å². The molecule has 0 saturated carbocycles. The number of aliphatic hydroxyl groups excluding tert-OH is 2. The minimum absolute atomic E-state index is 0.176. The second-order valence-electron chi connectivity index (χ2n) is 5.87. The van der Waals surface area contributed by atoms with E-state index in [0.29, 0.717) is 11.3 Å². The normalized spacial score (nSPS) is 13.1. The van der Waals surface area contributed by atoms with Crippen LogP contribution in [0.1, 0.15) is 29.2 Å². The van der Waals surface area contributed by atoms with Crippen molar-refractivity contribution in [1.82, 2.24) is 5.32 Å². The molecule has 0 fully saturated rings. The van der Waals surface area contributed by atoms with Crippen molar-refractivity contribution in [2.24, 2.45) is 0 Å². The molecule has 134 valence electrons. The number of anilines is 1. The first kappa shape index (κ1) is 18.8. The van der Waals surface area contributed by atoms with Crippen molar-refractivity contribution in [3.8, 4) is 0 Å². The molecule has 6 heteroatoms. The summed E-state index contributed by atoms with van der Waals surface area (Å²) in [5.41, 5.74) is 8.61. The van der Waals surface area contributed by atoms with E-state index in [1.807, 2.05) is 43.3 Å². The number of para-hydroxylation sites is 1. The Hall–Kier alpha value is -2.57. The van der Waals surface area contributed by atoms with Crippen LogP contribution in [0.4, 0.5) is 10.5 Å². The molecule has 2 aromatic rings. The largest absolute Gasteiger partial charge is 0.445 e. The molecule has 0 aliphatic carbocycles. The van der Waals surface area contributed by atoms with Crippen molar-refractivity contribution in [2.45, 2.75) is 32.2 Å². The summed E-state index contributed by atoms with van der Waals surface area (Å²) >= 11 is 0. The van der Waals surface area contributed by atoms with Crippen molar-refractivity contribution < 1.29 is 19.7 Å². The lowest BCUT2D eigenvalue weighted by Gasteiger charge is -2.20. The number of nitrogens with one attached hydrogen (secondary N) is 1. The van der Waals surface area contributed by atoms with Gasteiger partial charge in [0.05, 0.1) is 6.10 Å². The third-order valence-corrected chi connectivity index (χ3v) is 3.96. The zero-order valence-electron chi connectivity index (χ0n) is 14.2. The van der Waals surface area contributed by atoms with Crippen LogP contribution in [-0.4, -0.2) is 29.0 Å². The average Bonchev–Trinajstić information content (AvgIpc) is 2.62. The second kappa shape index (κ2) is 9.05. The van der Waals surface area contributed by atoms with E-state index in [2.05, 4.69) is 5.32 Å². The molecule has 0 aromatic heterocycles. The fourth-order valence-electron chi connectivity index (χ4n) is 2.42. The highest BCUT2D eigenvalue weighted by atomic mass is 16.5. The number of amides is 1. The van der Waals surface area contributed by atoms with Crippen LogP contribution in [0.3, 0.4) is 0 Å². The molecular weight excluding hydrogens is 320 g/mol. The van der Waals surface area contributed by atoms with E-state index in [1.54, 1.807) is 12.1 Å². The number of alkyl carbamates (subject to hydrolysis) is 1. The van der Waals surface area contributed by atoms with Gasteiger partial charge in [0, 0.05) is 17.8 Å². The van der Waals surface area contributed by atoms with Crippen molar-refractivity contribution in [1.29, 1.82) is 0 Å². The first-order chi connectivity index (χ1) is 12.0. The SMILES string of the molecule is Cc1cccc(C(O)C(O)CCNC(=O)OCc2ccccc2)c1N. The Balaban J connectivity index is 1.75. The Morgan fingerprint density at radius 1 is 1.16 bits per heavy atom. The van der Waals surface area contributed by atoms with Crippen LogP contribution < -0.4 is 11.1 Å². The Bertz CT molecular complexity index is 691. The molecule has 0 saturated heterocycles. The van der Waals surface area contributed by atoms with Gasteiger partial charge in [0.15, 0.2) is 0 Å². The van der Waals surface area contributed by atoms with Crippen LogP contribution in [0.5, 0.6) is 0 Å². The molecule has 2 aromatic carbocycles. The highest BCUT2D eigenvalue weighted by Crippen LogP contribution is 2.26. The number of carbonyl (C=O) groups excluding carboxylic acids is 1. The van der Waals surface area contributed by atoms with Crippen molar-refractivity contribution in [3.63, 3.8) is 0 Å². The maximum atomic E-state index is 11.6. The van der Waals surface area contributed by atoms with Gasteiger partial charge in [-0.05, 0) is 24.5 Å². The van der Waals surface area contributed by atoms with E-state index >= 15 is 0 Å². The number of aliphatic hydroxyl groups is 2. The fraction of sp³-hybridized carbons (Fsp3) is 0.316. The van der Waals surface area contributed by atoms with Crippen LogP contribution >= 0.6 is 0 Å². The Labute approximate surface area is 147 Å². The van der Waals surface area contributed by atoms with Gasteiger partial charge in [-0.2, -0.15) is 0 Å². The van der Waals surface area contributed by atoms with E-state index in [-0.39, 0.29) is 19.6 Å². The number of nitrogens with two attached hydrogens (primary N) is 1. The summed E-state index contributed by atoms with van der Waals surface area (Å²) in [6, 6.07) is 14.6. The first-order valence-electron chi connectivity index (χ1n) is 8.14. The summed E-state index contributed by atoms with van der Waals surface area (Å²) in [5, 5.41) is 22.9. The third-order valence-electron chi connectivity index (χ3n) is 3.96. The number of nitrogen functional groups attached to an aromatic ring is 1. The van der Waals surface area contributed by atoms with Crippen molar-refractivity contribution >= 4 is 11.8 Å². The second-order valence-corrected chi connectivity index (χ2v) is 5.87. The molecule has 6 nitrogen and oxygen atoms in total. The van der Waals surface area contributed by atoms with Gasteiger partial charge in [-0.1, -0.05) is 48.5 Å². The van der Waals surface area contributed by atoms with Crippen LogP contribution in [0.2, 0.25) is 0 Å². The van der Waals surface area contributed by atoms with Crippen LogP contribution in [0.25, 0.3) is 0 Å². The molecule has 0 heterocycles. The number of rotatable bonds is 7. The molecule has 2 unspecified atom stereocenters. The number of hydrogen-bond donors (Lipinski definition) is 4. The minimum atomic E-state index is -1.11. The fourth-order valence-corrected chi connectivity index (χ4v) is 2.42. The van der Waals surface area contributed by atoms with E-state index in [0.717, 1.165) is 11.1 Å². The van der Waals surface area contributed by atoms with Gasteiger partial charge in [0.1, 0.15) is 12.7 Å². The molecule has 1 amide bonds. The number of carbonyl (C=O) groups is 1. The lowest BCUT2D eigenvalue weighted by atomic mass is 9.98. The lowest BCUT2D eigenvalue weighted by molar-refractivity contribution is 0.0140. The summed E-state index contributed by atoms with van der Waals surface area (Å²) in [4.78, 5) is 11.6. The van der Waals surface area contributed by atoms with Gasteiger partial charge >= 0.3 is 6.09 Å². The molecule has 5 N–H and O–H groups in total. The first-order valence-corrected chi connectivity index (χ1v) is 8.14. The number of aryl methyl sites for hydroxylation is 1. The van der Waals surface area contributed by atoms with Crippen LogP contribution in [0, 0.1) is 6.92 Å². The Kier molecular flexibility index (Phi) is 6.80.